The van der Waals surface area contributed by atoms with Gasteiger partial charge in [0.25, 0.3) is 0 Å². The number of urea groups is 1. The minimum absolute atomic E-state index is 0.0182. The summed E-state index contributed by atoms with van der Waals surface area (Å²) in [5.41, 5.74) is 2.31. The van der Waals surface area contributed by atoms with Gasteiger partial charge in [0.1, 0.15) is 0 Å². The van der Waals surface area contributed by atoms with Gasteiger partial charge in [-0.1, -0.05) is 6.07 Å². The fraction of sp³-hybridized carbons (Fsp3) is 0.273. The van der Waals surface area contributed by atoms with Crippen molar-refractivity contribution in [2.45, 2.75) is 6.04 Å². The van der Waals surface area contributed by atoms with Crippen LogP contribution in [-0.4, -0.2) is 34.5 Å². The van der Waals surface area contributed by atoms with E-state index in [2.05, 4.69) is 15.3 Å². The number of aromatic amines is 2. The van der Waals surface area contributed by atoms with Crippen molar-refractivity contribution in [2.75, 3.05) is 13.6 Å². The van der Waals surface area contributed by atoms with Crippen molar-refractivity contribution < 1.29 is 4.79 Å². The number of rotatable bonds is 1. The quantitative estimate of drug-likeness (QED) is 0.671. The molecule has 1 aromatic heterocycles. The summed E-state index contributed by atoms with van der Waals surface area (Å²) >= 11 is 0. The largest absolute Gasteiger partial charge is 0.329 e. The molecule has 2 amide bonds. The van der Waals surface area contributed by atoms with Crippen LogP contribution in [0.3, 0.4) is 0 Å². The molecule has 1 fully saturated rings. The van der Waals surface area contributed by atoms with Crippen molar-refractivity contribution in [1.29, 1.82) is 0 Å². The second kappa shape index (κ2) is 3.38. The van der Waals surface area contributed by atoms with E-state index in [1.807, 2.05) is 18.2 Å². The summed E-state index contributed by atoms with van der Waals surface area (Å²) in [5, 5.41) is 2.88. The Kier molecular flexibility index (Phi) is 1.98. The van der Waals surface area contributed by atoms with Crippen LogP contribution in [-0.2, 0) is 0 Å². The van der Waals surface area contributed by atoms with Gasteiger partial charge in [-0.25, -0.2) is 9.59 Å². The van der Waals surface area contributed by atoms with Gasteiger partial charge in [-0.15, -0.1) is 0 Å². The maximum Gasteiger partial charge on any atom is 0.323 e. The number of imidazole rings is 1. The van der Waals surface area contributed by atoms with Crippen molar-refractivity contribution >= 4 is 17.1 Å². The highest BCUT2D eigenvalue weighted by molar-refractivity contribution is 5.78. The average Bonchev–Trinajstić information content (AvgIpc) is 2.80. The molecule has 88 valence electrons. The van der Waals surface area contributed by atoms with Crippen molar-refractivity contribution in [1.82, 2.24) is 20.2 Å². The molecule has 1 atom stereocenters. The van der Waals surface area contributed by atoms with Gasteiger partial charge in [-0.05, 0) is 17.7 Å². The molecule has 1 aliphatic rings. The molecule has 1 unspecified atom stereocenters. The predicted molar refractivity (Wildman–Crippen MR) is 62.8 cm³/mol. The Morgan fingerprint density at radius 2 is 2.00 bits per heavy atom. The number of aromatic nitrogens is 2. The number of nitrogens with zero attached hydrogens (tertiary/aromatic N) is 1. The monoisotopic (exact) mass is 232 g/mol. The van der Waals surface area contributed by atoms with E-state index in [0.29, 0.717) is 6.54 Å². The average molecular weight is 232 g/mol. The van der Waals surface area contributed by atoms with Crippen LogP contribution in [0.5, 0.6) is 0 Å². The van der Waals surface area contributed by atoms with Crippen molar-refractivity contribution in [3.8, 4) is 0 Å². The molecule has 2 heterocycles. The van der Waals surface area contributed by atoms with Gasteiger partial charge in [-0.2, -0.15) is 0 Å². The summed E-state index contributed by atoms with van der Waals surface area (Å²) in [6.45, 7) is 0.638. The Labute approximate surface area is 96.6 Å². The number of H-pyrrole nitrogens is 2. The molecular formula is C11H12N4O2. The molecule has 2 aromatic rings. The molecule has 1 saturated heterocycles. The second-order valence-electron chi connectivity index (χ2n) is 4.27. The lowest BCUT2D eigenvalue weighted by Crippen LogP contribution is -2.23. The summed E-state index contributed by atoms with van der Waals surface area (Å²) in [5.74, 6) is 0. The number of benzene rings is 1. The topological polar surface area (TPSA) is 81.0 Å². The summed E-state index contributed by atoms with van der Waals surface area (Å²) in [6.07, 6.45) is 0. The fourth-order valence-corrected chi connectivity index (χ4v) is 2.12. The van der Waals surface area contributed by atoms with Gasteiger partial charge >= 0.3 is 11.7 Å². The normalized spacial score (nSPS) is 19.9. The Morgan fingerprint density at radius 1 is 1.24 bits per heavy atom. The van der Waals surface area contributed by atoms with Crippen LogP contribution in [0.15, 0.2) is 23.0 Å². The SMILES string of the molecule is CN1CC(c2ccc3[nH]c(=O)[nH]c3c2)NC1=O. The lowest BCUT2D eigenvalue weighted by Gasteiger charge is -2.09. The van der Waals surface area contributed by atoms with E-state index >= 15 is 0 Å². The van der Waals surface area contributed by atoms with Gasteiger partial charge in [0.15, 0.2) is 0 Å². The molecule has 0 radical (unpaired) electrons. The number of likely N-dealkylation sites (N-methyl/N-ethyl adjacent to an activating group) is 1. The molecule has 3 rings (SSSR count). The molecular weight excluding hydrogens is 220 g/mol. The molecule has 0 aliphatic carbocycles. The van der Waals surface area contributed by atoms with E-state index < -0.39 is 0 Å². The van der Waals surface area contributed by atoms with Crippen LogP contribution in [0.4, 0.5) is 4.79 Å². The lowest BCUT2D eigenvalue weighted by atomic mass is 10.1. The number of carbonyl (C=O) groups excluding carboxylic acids is 1. The first-order valence-corrected chi connectivity index (χ1v) is 5.37. The summed E-state index contributed by atoms with van der Waals surface area (Å²) in [7, 11) is 1.76. The minimum atomic E-state index is -0.218. The second-order valence-corrected chi connectivity index (χ2v) is 4.27. The van der Waals surface area contributed by atoms with Crippen molar-refractivity contribution in [3.63, 3.8) is 0 Å². The number of amides is 2. The van der Waals surface area contributed by atoms with Crippen LogP contribution >= 0.6 is 0 Å². The van der Waals surface area contributed by atoms with Gasteiger partial charge in [0, 0.05) is 13.6 Å². The summed E-state index contributed by atoms with van der Waals surface area (Å²) < 4.78 is 0. The highest BCUT2D eigenvalue weighted by atomic mass is 16.2. The third-order valence-electron chi connectivity index (χ3n) is 3.04. The van der Waals surface area contributed by atoms with Crippen LogP contribution in [0.1, 0.15) is 11.6 Å². The molecule has 3 N–H and O–H groups in total. The first-order chi connectivity index (χ1) is 8.13. The van der Waals surface area contributed by atoms with E-state index in [9.17, 15) is 9.59 Å². The zero-order valence-electron chi connectivity index (χ0n) is 9.28. The lowest BCUT2D eigenvalue weighted by molar-refractivity contribution is 0.226. The first-order valence-electron chi connectivity index (χ1n) is 5.37. The van der Waals surface area contributed by atoms with Crippen LogP contribution in [0.2, 0.25) is 0 Å². The smallest absolute Gasteiger partial charge is 0.323 e. The molecule has 17 heavy (non-hydrogen) atoms. The van der Waals surface area contributed by atoms with Crippen LogP contribution < -0.4 is 11.0 Å². The van der Waals surface area contributed by atoms with E-state index in [0.717, 1.165) is 16.6 Å². The molecule has 1 aliphatic heterocycles. The number of fused-ring (bicyclic) bond motifs is 1. The zero-order chi connectivity index (χ0) is 12.0. The Bertz CT molecular complexity index is 642. The molecule has 0 spiro atoms. The molecule has 0 saturated carbocycles. The Morgan fingerprint density at radius 3 is 2.71 bits per heavy atom. The highest BCUT2D eigenvalue weighted by Gasteiger charge is 2.26. The van der Waals surface area contributed by atoms with Gasteiger partial charge in [-0.3, -0.25) is 0 Å². The molecule has 6 nitrogen and oxygen atoms in total. The zero-order valence-corrected chi connectivity index (χ0v) is 9.28. The number of carbonyl (C=O) groups is 1. The van der Waals surface area contributed by atoms with E-state index in [1.165, 1.54) is 0 Å². The van der Waals surface area contributed by atoms with Gasteiger partial charge in [0.05, 0.1) is 17.1 Å². The van der Waals surface area contributed by atoms with Crippen LogP contribution in [0, 0.1) is 0 Å². The van der Waals surface area contributed by atoms with E-state index in [4.69, 9.17) is 0 Å². The fourth-order valence-electron chi connectivity index (χ4n) is 2.12. The van der Waals surface area contributed by atoms with Crippen molar-refractivity contribution in [3.05, 3.63) is 34.2 Å². The number of hydrogen-bond acceptors (Lipinski definition) is 2. The third-order valence-corrected chi connectivity index (χ3v) is 3.04. The Balaban J connectivity index is 2.01. The maximum absolute atomic E-state index is 11.4. The number of hydrogen-bond donors (Lipinski definition) is 3. The minimum Gasteiger partial charge on any atom is -0.329 e. The maximum atomic E-state index is 11.4. The standard InChI is InChI=1S/C11H12N4O2/c1-15-5-9(14-11(15)17)6-2-3-7-8(4-6)13-10(16)12-7/h2-4,9H,5H2,1H3,(H,14,17)(H2,12,13,16). The first kappa shape index (κ1) is 9.95. The van der Waals surface area contributed by atoms with Crippen LogP contribution in [0.25, 0.3) is 11.0 Å². The summed E-state index contributed by atoms with van der Waals surface area (Å²) in [6, 6.07) is 5.55. The van der Waals surface area contributed by atoms with E-state index in [1.54, 1.807) is 11.9 Å². The van der Waals surface area contributed by atoms with Gasteiger partial charge < -0.3 is 20.2 Å². The summed E-state index contributed by atoms with van der Waals surface area (Å²) in [4.78, 5) is 29.5. The molecule has 1 aromatic carbocycles. The highest BCUT2D eigenvalue weighted by Crippen LogP contribution is 2.21. The van der Waals surface area contributed by atoms with Gasteiger partial charge in [0.2, 0.25) is 0 Å². The molecule has 6 heteroatoms. The number of nitrogens with one attached hydrogen (secondary N) is 3. The van der Waals surface area contributed by atoms with E-state index in [-0.39, 0.29) is 17.8 Å². The van der Waals surface area contributed by atoms with Crippen molar-refractivity contribution in [2.24, 2.45) is 0 Å². The molecule has 0 bridgehead atoms. The predicted octanol–water partition coefficient (Wildman–Crippen LogP) is 0.552. The third kappa shape index (κ3) is 1.57. The Hall–Kier alpha value is -2.24.